The topological polar surface area (TPSA) is 29.9 Å². The predicted molar refractivity (Wildman–Crippen MR) is 64.7 cm³/mol. The fourth-order valence-electron chi connectivity index (χ4n) is 3.61. The minimum atomic E-state index is 0.422. The molecule has 1 fully saturated rings. The first-order chi connectivity index (χ1) is 7.77. The summed E-state index contributed by atoms with van der Waals surface area (Å²) in [6.07, 6.45) is 6.26. The third-order valence-electron chi connectivity index (χ3n) is 4.53. The van der Waals surface area contributed by atoms with Crippen molar-refractivity contribution in [3.63, 3.8) is 0 Å². The van der Waals surface area contributed by atoms with E-state index in [1.807, 2.05) is 0 Å². The van der Waals surface area contributed by atoms with Gasteiger partial charge in [-0.15, -0.1) is 0 Å². The van der Waals surface area contributed by atoms with Crippen molar-refractivity contribution in [2.75, 3.05) is 13.1 Å². The average Bonchev–Trinajstić information content (AvgIpc) is 2.79. The largest absolute Gasteiger partial charge is 0.317 e. The molecule has 0 atom stereocenters. The average molecular weight is 219 g/mol. The highest BCUT2D eigenvalue weighted by Gasteiger charge is 2.43. The molecule has 2 aliphatic rings. The molecule has 1 aromatic rings. The van der Waals surface area contributed by atoms with Gasteiger partial charge < -0.3 is 5.32 Å². The van der Waals surface area contributed by atoms with Crippen molar-refractivity contribution in [2.45, 2.75) is 44.4 Å². The van der Waals surface area contributed by atoms with E-state index in [2.05, 4.69) is 24.0 Å². The molecule has 0 aromatic carbocycles. The molecule has 0 radical (unpaired) electrons. The Bertz CT molecular complexity index is 400. The third kappa shape index (κ3) is 1.27. The SMILES string of the molecule is CCc1c2c(nn1C)C1(CCNCC1)CC2. The summed E-state index contributed by atoms with van der Waals surface area (Å²) in [5.41, 5.74) is 4.90. The maximum atomic E-state index is 4.83. The van der Waals surface area contributed by atoms with E-state index in [9.17, 15) is 0 Å². The fourth-order valence-corrected chi connectivity index (χ4v) is 3.61. The lowest BCUT2D eigenvalue weighted by Crippen LogP contribution is -2.38. The Balaban J connectivity index is 2.04. The Morgan fingerprint density at radius 3 is 2.75 bits per heavy atom. The summed E-state index contributed by atoms with van der Waals surface area (Å²) in [6.45, 7) is 4.57. The van der Waals surface area contributed by atoms with Crippen LogP contribution in [-0.4, -0.2) is 22.9 Å². The molecule has 1 aliphatic heterocycles. The van der Waals surface area contributed by atoms with Crippen LogP contribution in [0.25, 0.3) is 0 Å². The number of piperidine rings is 1. The van der Waals surface area contributed by atoms with Crippen LogP contribution >= 0.6 is 0 Å². The smallest absolute Gasteiger partial charge is 0.0722 e. The van der Waals surface area contributed by atoms with Gasteiger partial charge in [0, 0.05) is 18.2 Å². The molecule has 3 heteroatoms. The van der Waals surface area contributed by atoms with Crippen LogP contribution < -0.4 is 5.32 Å². The normalized spacial score (nSPS) is 22.6. The maximum absolute atomic E-state index is 4.83. The van der Waals surface area contributed by atoms with Crippen molar-refractivity contribution in [2.24, 2.45) is 7.05 Å². The first-order valence-corrected chi connectivity index (χ1v) is 6.53. The number of rotatable bonds is 1. The molecule has 1 N–H and O–H groups in total. The highest BCUT2D eigenvalue weighted by Crippen LogP contribution is 2.45. The molecule has 0 unspecified atom stereocenters. The standard InChI is InChI=1S/C13H21N3/c1-3-11-10-4-5-13(6-8-14-9-7-13)12(10)15-16(11)2/h14H,3-9H2,1-2H3. The Labute approximate surface area is 97.2 Å². The molecule has 1 spiro atoms. The van der Waals surface area contributed by atoms with Crippen molar-refractivity contribution < 1.29 is 0 Å². The molecule has 0 bridgehead atoms. The van der Waals surface area contributed by atoms with Crippen molar-refractivity contribution in [1.29, 1.82) is 0 Å². The van der Waals surface area contributed by atoms with Crippen LogP contribution in [0.15, 0.2) is 0 Å². The quantitative estimate of drug-likeness (QED) is 0.776. The van der Waals surface area contributed by atoms with Gasteiger partial charge in [0.05, 0.1) is 5.69 Å². The van der Waals surface area contributed by atoms with Crippen LogP contribution in [0, 0.1) is 0 Å². The summed E-state index contributed by atoms with van der Waals surface area (Å²) < 4.78 is 2.12. The van der Waals surface area contributed by atoms with Crippen LogP contribution in [0.5, 0.6) is 0 Å². The minimum Gasteiger partial charge on any atom is -0.317 e. The Hall–Kier alpha value is -0.830. The molecule has 88 valence electrons. The van der Waals surface area contributed by atoms with E-state index < -0.39 is 0 Å². The molecule has 3 nitrogen and oxygen atoms in total. The second kappa shape index (κ2) is 3.59. The summed E-state index contributed by atoms with van der Waals surface area (Å²) in [6, 6.07) is 0. The molecular formula is C13H21N3. The summed E-state index contributed by atoms with van der Waals surface area (Å²) in [5, 5.41) is 8.30. The molecule has 1 saturated heterocycles. The number of nitrogens with one attached hydrogen (secondary N) is 1. The number of nitrogens with zero attached hydrogens (tertiary/aromatic N) is 2. The molecule has 0 amide bonds. The summed E-state index contributed by atoms with van der Waals surface area (Å²) in [4.78, 5) is 0. The second-order valence-corrected chi connectivity index (χ2v) is 5.28. The zero-order valence-corrected chi connectivity index (χ0v) is 10.3. The minimum absolute atomic E-state index is 0.422. The van der Waals surface area contributed by atoms with Gasteiger partial charge in [-0.3, -0.25) is 4.68 Å². The number of hydrogen-bond acceptors (Lipinski definition) is 2. The van der Waals surface area contributed by atoms with Crippen LogP contribution in [0.2, 0.25) is 0 Å². The summed E-state index contributed by atoms with van der Waals surface area (Å²) >= 11 is 0. The van der Waals surface area contributed by atoms with Gasteiger partial charge in [-0.25, -0.2) is 0 Å². The van der Waals surface area contributed by atoms with Gasteiger partial charge in [-0.2, -0.15) is 5.10 Å². The van der Waals surface area contributed by atoms with Crippen LogP contribution in [0.4, 0.5) is 0 Å². The van der Waals surface area contributed by atoms with Crippen molar-refractivity contribution in [3.05, 3.63) is 17.0 Å². The van der Waals surface area contributed by atoms with Crippen LogP contribution in [-0.2, 0) is 25.3 Å². The first kappa shape index (κ1) is 10.3. The molecular weight excluding hydrogens is 198 g/mol. The van der Waals surface area contributed by atoms with E-state index in [1.165, 1.54) is 37.1 Å². The van der Waals surface area contributed by atoms with Crippen molar-refractivity contribution in [1.82, 2.24) is 15.1 Å². The second-order valence-electron chi connectivity index (χ2n) is 5.28. The zero-order valence-electron chi connectivity index (χ0n) is 10.3. The van der Waals surface area contributed by atoms with Gasteiger partial charge >= 0.3 is 0 Å². The molecule has 1 aromatic heterocycles. The van der Waals surface area contributed by atoms with Gasteiger partial charge in [0.15, 0.2) is 0 Å². The lowest BCUT2D eigenvalue weighted by atomic mass is 9.77. The van der Waals surface area contributed by atoms with Gasteiger partial charge in [0.2, 0.25) is 0 Å². The number of aromatic nitrogens is 2. The molecule has 16 heavy (non-hydrogen) atoms. The molecule has 2 heterocycles. The Morgan fingerprint density at radius 1 is 1.31 bits per heavy atom. The highest BCUT2D eigenvalue weighted by atomic mass is 15.3. The first-order valence-electron chi connectivity index (χ1n) is 6.53. The van der Waals surface area contributed by atoms with E-state index >= 15 is 0 Å². The summed E-state index contributed by atoms with van der Waals surface area (Å²) in [7, 11) is 2.10. The summed E-state index contributed by atoms with van der Waals surface area (Å²) in [5.74, 6) is 0. The molecule has 0 saturated carbocycles. The Morgan fingerprint density at radius 2 is 2.06 bits per heavy atom. The number of hydrogen-bond donors (Lipinski definition) is 1. The number of aryl methyl sites for hydroxylation is 1. The highest BCUT2D eigenvalue weighted by molar-refractivity contribution is 5.38. The van der Waals surface area contributed by atoms with Crippen LogP contribution in [0.3, 0.4) is 0 Å². The van der Waals surface area contributed by atoms with E-state index in [0.29, 0.717) is 5.41 Å². The van der Waals surface area contributed by atoms with Gasteiger partial charge in [-0.05, 0) is 50.8 Å². The lowest BCUT2D eigenvalue weighted by molar-refractivity contribution is 0.296. The van der Waals surface area contributed by atoms with Crippen LogP contribution in [0.1, 0.15) is 43.1 Å². The lowest BCUT2D eigenvalue weighted by Gasteiger charge is -2.33. The van der Waals surface area contributed by atoms with E-state index in [0.717, 1.165) is 19.5 Å². The predicted octanol–water partition coefficient (Wildman–Crippen LogP) is 1.55. The fraction of sp³-hybridized carbons (Fsp3) is 0.769. The van der Waals surface area contributed by atoms with Crippen molar-refractivity contribution in [3.8, 4) is 0 Å². The van der Waals surface area contributed by atoms with Crippen molar-refractivity contribution >= 4 is 0 Å². The maximum Gasteiger partial charge on any atom is 0.0722 e. The van der Waals surface area contributed by atoms with Gasteiger partial charge in [0.25, 0.3) is 0 Å². The zero-order chi connectivity index (χ0) is 11.2. The van der Waals surface area contributed by atoms with Gasteiger partial charge in [-0.1, -0.05) is 6.92 Å². The van der Waals surface area contributed by atoms with E-state index in [-0.39, 0.29) is 0 Å². The molecule has 3 rings (SSSR count). The number of fused-ring (bicyclic) bond motifs is 2. The third-order valence-corrected chi connectivity index (χ3v) is 4.53. The van der Waals surface area contributed by atoms with E-state index in [1.54, 1.807) is 5.56 Å². The Kier molecular flexibility index (Phi) is 2.32. The van der Waals surface area contributed by atoms with E-state index in [4.69, 9.17) is 5.10 Å². The molecule has 1 aliphatic carbocycles. The monoisotopic (exact) mass is 219 g/mol. The van der Waals surface area contributed by atoms with Gasteiger partial charge in [0.1, 0.15) is 0 Å².